The van der Waals surface area contributed by atoms with E-state index in [4.69, 9.17) is 4.74 Å². The van der Waals surface area contributed by atoms with Crippen molar-refractivity contribution in [1.82, 2.24) is 0 Å². The number of nitrogens with one attached hydrogen (secondary N) is 2. The molecule has 0 unspecified atom stereocenters. The van der Waals surface area contributed by atoms with Crippen LogP contribution >= 0.6 is 0 Å². The molecule has 6 heteroatoms. The quantitative estimate of drug-likeness (QED) is 0.689. The zero-order chi connectivity index (χ0) is 20.6. The second-order valence-electron chi connectivity index (χ2n) is 7.42. The summed E-state index contributed by atoms with van der Waals surface area (Å²) in [5.41, 5.74) is 3.24. The highest BCUT2D eigenvalue weighted by Crippen LogP contribution is 2.24. The Morgan fingerprint density at radius 2 is 1.62 bits per heavy atom. The first kappa shape index (κ1) is 20.7. The molecule has 29 heavy (non-hydrogen) atoms. The molecule has 0 saturated carbocycles. The van der Waals surface area contributed by atoms with Crippen LogP contribution in [-0.4, -0.2) is 38.1 Å². The van der Waals surface area contributed by atoms with Crippen molar-refractivity contribution in [3.05, 3.63) is 54.1 Å². The fourth-order valence-corrected chi connectivity index (χ4v) is 3.35. The number of hydrogen-bond acceptors (Lipinski definition) is 5. The van der Waals surface area contributed by atoms with E-state index in [1.165, 1.54) is 18.5 Å². The van der Waals surface area contributed by atoms with E-state index in [1.54, 1.807) is 31.2 Å². The minimum atomic E-state index is -0.366. The third-order valence-electron chi connectivity index (χ3n) is 5.15. The number of nitrogens with zero attached hydrogens (tertiary/aromatic N) is 1. The number of benzene rings is 2. The number of rotatable bonds is 7. The molecule has 0 aliphatic carbocycles. The van der Waals surface area contributed by atoms with Gasteiger partial charge in [-0.2, -0.15) is 0 Å². The summed E-state index contributed by atoms with van der Waals surface area (Å²) in [6, 6.07) is 14.9. The third kappa shape index (κ3) is 5.98. The Morgan fingerprint density at radius 3 is 2.24 bits per heavy atom. The number of carbonyl (C=O) groups excluding carboxylic acids is 2. The van der Waals surface area contributed by atoms with Crippen molar-refractivity contribution in [1.29, 1.82) is 0 Å². The molecular weight excluding hydrogens is 366 g/mol. The lowest BCUT2D eigenvalue weighted by molar-refractivity contribution is -0.114. The van der Waals surface area contributed by atoms with Gasteiger partial charge in [0.2, 0.25) is 5.91 Å². The topological polar surface area (TPSA) is 70.7 Å². The highest BCUT2D eigenvalue weighted by Gasteiger charge is 2.15. The lowest BCUT2D eigenvalue weighted by Gasteiger charge is -2.32. The van der Waals surface area contributed by atoms with Gasteiger partial charge in [0.1, 0.15) is 0 Å². The molecule has 6 nitrogen and oxygen atoms in total. The molecule has 1 aliphatic rings. The van der Waals surface area contributed by atoms with Gasteiger partial charge < -0.3 is 20.3 Å². The first-order chi connectivity index (χ1) is 14.0. The van der Waals surface area contributed by atoms with Gasteiger partial charge in [0.15, 0.2) is 0 Å². The van der Waals surface area contributed by atoms with Crippen molar-refractivity contribution in [3.8, 4) is 0 Å². The van der Waals surface area contributed by atoms with E-state index < -0.39 is 0 Å². The van der Waals surface area contributed by atoms with Crippen molar-refractivity contribution < 1.29 is 14.3 Å². The van der Waals surface area contributed by atoms with Crippen LogP contribution in [0.2, 0.25) is 0 Å². The lowest BCUT2D eigenvalue weighted by atomic mass is 9.99. The average Bonchev–Trinajstić information content (AvgIpc) is 2.74. The van der Waals surface area contributed by atoms with Crippen LogP contribution in [0.3, 0.4) is 0 Å². The first-order valence-corrected chi connectivity index (χ1v) is 10.2. The zero-order valence-corrected chi connectivity index (χ0v) is 17.1. The standard InChI is InChI=1S/C23H29N3O3/c1-3-29-23(28)18-4-6-20(7-5-18)25-22(27)16-24-19-8-10-21(11-9-19)26-14-12-17(2)13-15-26/h4-11,17,24H,3,12-16H2,1-2H3,(H,25,27). The van der Waals surface area contributed by atoms with Gasteiger partial charge in [-0.15, -0.1) is 0 Å². The number of anilines is 3. The number of esters is 1. The Balaban J connectivity index is 1.46. The molecule has 2 aromatic rings. The normalized spacial score (nSPS) is 14.3. The Bertz CT molecular complexity index is 810. The van der Waals surface area contributed by atoms with Crippen molar-refractivity contribution in [3.63, 3.8) is 0 Å². The van der Waals surface area contributed by atoms with E-state index in [-0.39, 0.29) is 18.4 Å². The molecule has 0 bridgehead atoms. The summed E-state index contributed by atoms with van der Waals surface area (Å²) in [5.74, 6) is 0.296. The summed E-state index contributed by atoms with van der Waals surface area (Å²) in [5, 5.41) is 5.96. The van der Waals surface area contributed by atoms with E-state index in [9.17, 15) is 9.59 Å². The molecular formula is C23H29N3O3. The molecule has 1 heterocycles. The number of amides is 1. The summed E-state index contributed by atoms with van der Waals surface area (Å²) < 4.78 is 4.95. The number of carbonyl (C=O) groups is 2. The van der Waals surface area contributed by atoms with Crippen LogP contribution in [0.15, 0.2) is 48.5 Å². The molecule has 1 amide bonds. The highest BCUT2D eigenvalue weighted by molar-refractivity contribution is 5.95. The fourth-order valence-electron chi connectivity index (χ4n) is 3.35. The van der Waals surface area contributed by atoms with Crippen LogP contribution in [0.25, 0.3) is 0 Å². The minimum Gasteiger partial charge on any atom is -0.462 e. The molecule has 3 rings (SSSR count). The molecule has 0 radical (unpaired) electrons. The number of ether oxygens (including phenoxy) is 1. The summed E-state index contributed by atoms with van der Waals surface area (Å²) >= 11 is 0. The van der Waals surface area contributed by atoms with Crippen LogP contribution in [-0.2, 0) is 9.53 Å². The van der Waals surface area contributed by atoms with Gasteiger partial charge in [-0.25, -0.2) is 4.79 Å². The maximum Gasteiger partial charge on any atom is 0.338 e. The van der Waals surface area contributed by atoms with Crippen molar-refractivity contribution in [2.24, 2.45) is 5.92 Å². The van der Waals surface area contributed by atoms with Crippen molar-refractivity contribution in [2.75, 3.05) is 41.8 Å². The van der Waals surface area contributed by atoms with E-state index >= 15 is 0 Å². The van der Waals surface area contributed by atoms with Gasteiger partial charge in [-0.05, 0) is 74.2 Å². The predicted octanol–water partition coefficient (Wildman–Crippen LogP) is 4.15. The Labute approximate surface area is 172 Å². The highest BCUT2D eigenvalue weighted by atomic mass is 16.5. The van der Waals surface area contributed by atoms with Crippen molar-refractivity contribution in [2.45, 2.75) is 26.7 Å². The second-order valence-corrected chi connectivity index (χ2v) is 7.42. The molecule has 154 valence electrons. The van der Waals surface area contributed by atoms with Gasteiger partial charge in [0, 0.05) is 30.2 Å². The Hall–Kier alpha value is -3.02. The van der Waals surface area contributed by atoms with Crippen LogP contribution < -0.4 is 15.5 Å². The lowest BCUT2D eigenvalue weighted by Crippen LogP contribution is -2.32. The SMILES string of the molecule is CCOC(=O)c1ccc(NC(=O)CNc2ccc(N3CCC(C)CC3)cc2)cc1. The monoisotopic (exact) mass is 395 g/mol. The molecule has 1 fully saturated rings. The van der Waals surface area contributed by atoms with E-state index in [2.05, 4.69) is 34.6 Å². The van der Waals surface area contributed by atoms with Crippen molar-refractivity contribution >= 4 is 28.9 Å². The summed E-state index contributed by atoms with van der Waals surface area (Å²) in [6.45, 7) is 6.78. The number of hydrogen-bond donors (Lipinski definition) is 2. The molecule has 1 saturated heterocycles. The number of piperidine rings is 1. The first-order valence-electron chi connectivity index (χ1n) is 10.2. The fraction of sp³-hybridized carbons (Fsp3) is 0.391. The van der Waals surface area contributed by atoms with Crippen LogP contribution in [0.1, 0.15) is 37.0 Å². The van der Waals surface area contributed by atoms with Gasteiger partial charge in [0.25, 0.3) is 0 Å². The second kappa shape index (κ2) is 9.96. The Kier molecular flexibility index (Phi) is 7.11. The smallest absolute Gasteiger partial charge is 0.338 e. The third-order valence-corrected chi connectivity index (χ3v) is 5.15. The molecule has 0 spiro atoms. The summed E-state index contributed by atoms with van der Waals surface area (Å²) in [7, 11) is 0. The molecule has 1 aliphatic heterocycles. The zero-order valence-electron chi connectivity index (χ0n) is 17.1. The van der Waals surface area contributed by atoms with E-state index in [0.29, 0.717) is 17.9 Å². The van der Waals surface area contributed by atoms with E-state index in [1.807, 2.05) is 12.1 Å². The van der Waals surface area contributed by atoms with Gasteiger partial charge >= 0.3 is 5.97 Å². The largest absolute Gasteiger partial charge is 0.462 e. The predicted molar refractivity (Wildman–Crippen MR) is 117 cm³/mol. The van der Waals surface area contributed by atoms with Gasteiger partial charge in [0.05, 0.1) is 18.7 Å². The molecule has 0 aromatic heterocycles. The average molecular weight is 396 g/mol. The maximum absolute atomic E-state index is 12.2. The maximum atomic E-state index is 12.2. The summed E-state index contributed by atoms with van der Waals surface area (Å²) in [4.78, 5) is 26.2. The van der Waals surface area contributed by atoms with E-state index in [0.717, 1.165) is 24.7 Å². The van der Waals surface area contributed by atoms with Crippen LogP contribution in [0.5, 0.6) is 0 Å². The van der Waals surface area contributed by atoms with Crippen LogP contribution in [0, 0.1) is 5.92 Å². The minimum absolute atomic E-state index is 0.150. The molecule has 2 N–H and O–H groups in total. The summed E-state index contributed by atoms with van der Waals surface area (Å²) in [6.07, 6.45) is 2.47. The molecule has 2 aromatic carbocycles. The van der Waals surface area contributed by atoms with Gasteiger partial charge in [-0.3, -0.25) is 4.79 Å². The Morgan fingerprint density at radius 1 is 1.00 bits per heavy atom. The van der Waals surface area contributed by atoms with Gasteiger partial charge in [-0.1, -0.05) is 6.92 Å². The molecule has 0 atom stereocenters. The van der Waals surface area contributed by atoms with Crippen LogP contribution in [0.4, 0.5) is 17.1 Å².